The van der Waals surface area contributed by atoms with E-state index in [2.05, 4.69) is 0 Å². The molecule has 0 aromatic heterocycles. The summed E-state index contributed by atoms with van der Waals surface area (Å²) in [6.45, 7) is 4.83. The van der Waals surface area contributed by atoms with Gasteiger partial charge in [-0.05, 0) is 33.1 Å². The van der Waals surface area contributed by atoms with Crippen LogP contribution in [-0.2, 0) is 14.3 Å². The quantitative estimate of drug-likeness (QED) is 0.680. The van der Waals surface area contributed by atoms with Crippen LogP contribution in [0.15, 0.2) is 0 Å². The molecule has 1 saturated heterocycles. The van der Waals surface area contributed by atoms with Crippen LogP contribution in [-0.4, -0.2) is 31.2 Å². The molecule has 3 heteroatoms. The lowest BCUT2D eigenvalue weighted by atomic mass is 9.98. The first-order valence-electron chi connectivity index (χ1n) is 5.72. The van der Waals surface area contributed by atoms with Gasteiger partial charge in [-0.3, -0.25) is 4.79 Å². The molecule has 0 saturated carbocycles. The molecule has 0 bridgehead atoms. The van der Waals surface area contributed by atoms with Gasteiger partial charge in [0.05, 0.1) is 11.7 Å². The van der Waals surface area contributed by atoms with Crippen molar-refractivity contribution in [3.8, 4) is 0 Å². The summed E-state index contributed by atoms with van der Waals surface area (Å²) < 4.78 is 10.7. The maximum atomic E-state index is 11.6. The second kappa shape index (κ2) is 5.61. The number of ketones is 1. The van der Waals surface area contributed by atoms with Crippen molar-refractivity contribution in [3.63, 3.8) is 0 Å². The smallest absolute Gasteiger partial charge is 0.135 e. The number of methoxy groups -OCH3 is 1. The minimum absolute atomic E-state index is 0.183. The zero-order valence-electron chi connectivity index (χ0n) is 10.0. The molecule has 3 nitrogen and oxygen atoms in total. The van der Waals surface area contributed by atoms with Gasteiger partial charge < -0.3 is 9.47 Å². The molecule has 15 heavy (non-hydrogen) atoms. The van der Waals surface area contributed by atoms with Crippen LogP contribution in [0.25, 0.3) is 0 Å². The third-order valence-corrected chi connectivity index (χ3v) is 3.04. The van der Waals surface area contributed by atoms with E-state index in [9.17, 15) is 4.79 Å². The first-order valence-corrected chi connectivity index (χ1v) is 5.72. The maximum absolute atomic E-state index is 11.6. The van der Waals surface area contributed by atoms with Gasteiger partial charge in [-0.2, -0.15) is 0 Å². The van der Waals surface area contributed by atoms with E-state index >= 15 is 0 Å². The molecule has 0 amide bonds. The van der Waals surface area contributed by atoms with Crippen LogP contribution >= 0.6 is 0 Å². The topological polar surface area (TPSA) is 35.5 Å². The van der Waals surface area contributed by atoms with Gasteiger partial charge in [0.25, 0.3) is 0 Å². The highest BCUT2D eigenvalue weighted by atomic mass is 16.5. The largest absolute Gasteiger partial charge is 0.379 e. The molecule has 1 aliphatic rings. The van der Waals surface area contributed by atoms with Gasteiger partial charge in [0.15, 0.2) is 0 Å². The first-order chi connectivity index (χ1) is 7.03. The molecule has 1 unspecified atom stereocenters. The van der Waals surface area contributed by atoms with E-state index in [0.717, 1.165) is 25.9 Å². The summed E-state index contributed by atoms with van der Waals surface area (Å²) in [5.41, 5.74) is -0.188. The third kappa shape index (κ3) is 4.76. The standard InChI is InChI=1S/C12H22O3/c1-12(2,14-3)7-6-10(13)9-11-5-4-8-15-11/h11H,4-9H2,1-3H3. The number of Topliss-reactive ketones (excluding diaryl/α,β-unsaturated/α-hetero) is 1. The molecule has 0 spiro atoms. The second-order valence-corrected chi connectivity index (χ2v) is 4.84. The Hall–Kier alpha value is -0.410. The summed E-state index contributed by atoms with van der Waals surface area (Å²) in [5, 5.41) is 0. The molecule has 1 atom stereocenters. The zero-order chi connectivity index (χ0) is 11.3. The van der Waals surface area contributed by atoms with Gasteiger partial charge >= 0.3 is 0 Å². The number of carbonyl (C=O) groups excluding carboxylic acids is 1. The van der Waals surface area contributed by atoms with Crippen molar-refractivity contribution in [2.24, 2.45) is 0 Å². The average molecular weight is 214 g/mol. The van der Waals surface area contributed by atoms with E-state index in [1.54, 1.807) is 7.11 Å². The van der Waals surface area contributed by atoms with Gasteiger partial charge in [0, 0.05) is 26.6 Å². The normalized spacial score (nSPS) is 21.9. The predicted molar refractivity (Wildman–Crippen MR) is 58.9 cm³/mol. The summed E-state index contributed by atoms with van der Waals surface area (Å²) in [5.74, 6) is 0.298. The van der Waals surface area contributed by atoms with Crippen LogP contribution in [0.5, 0.6) is 0 Å². The highest BCUT2D eigenvalue weighted by Gasteiger charge is 2.22. The lowest BCUT2D eigenvalue weighted by Gasteiger charge is -2.22. The fourth-order valence-electron chi connectivity index (χ4n) is 1.70. The number of ether oxygens (including phenoxy) is 2. The van der Waals surface area contributed by atoms with Gasteiger partial charge in [0.1, 0.15) is 5.78 Å². The third-order valence-electron chi connectivity index (χ3n) is 3.04. The minimum atomic E-state index is -0.188. The van der Waals surface area contributed by atoms with Crippen molar-refractivity contribution >= 4 is 5.78 Å². The Balaban J connectivity index is 2.18. The van der Waals surface area contributed by atoms with E-state index in [4.69, 9.17) is 9.47 Å². The number of rotatable bonds is 6. The summed E-state index contributed by atoms with van der Waals surface area (Å²) >= 11 is 0. The predicted octanol–water partition coefficient (Wildman–Crippen LogP) is 2.33. The van der Waals surface area contributed by atoms with E-state index in [1.807, 2.05) is 13.8 Å². The van der Waals surface area contributed by atoms with Gasteiger partial charge in [-0.1, -0.05) is 0 Å². The van der Waals surface area contributed by atoms with Crippen LogP contribution in [0.3, 0.4) is 0 Å². The minimum Gasteiger partial charge on any atom is -0.379 e. The molecule has 0 radical (unpaired) electrons. The molecule has 88 valence electrons. The van der Waals surface area contributed by atoms with Crippen LogP contribution in [0.1, 0.15) is 46.0 Å². The van der Waals surface area contributed by atoms with Gasteiger partial charge in [-0.15, -0.1) is 0 Å². The molecular weight excluding hydrogens is 192 g/mol. The summed E-state index contributed by atoms with van der Waals surface area (Å²) in [6, 6.07) is 0. The molecular formula is C12H22O3. The van der Waals surface area contributed by atoms with Gasteiger partial charge in [0.2, 0.25) is 0 Å². The zero-order valence-corrected chi connectivity index (χ0v) is 10.0. The van der Waals surface area contributed by atoms with Crippen molar-refractivity contribution < 1.29 is 14.3 Å². The van der Waals surface area contributed by atoms with Crippen molar-refractivity contribution in [2.75, 3.05) is 13.7 Å². The molecule has 1 heterocycles. The van der Waals surface area contributed by atoms with E-state index < -0.39 is 0 Å². The molecule has 0 aliphatic carbocycles. The molecule has 0 aromatic carbocycles. The van der Waals surface area contributed by atoms with Crippen molar-refractivity contribution in [1.29, 1.82) is 0 Å². The van der Waals surface area contributed by atoms with E-state index in [1.165, 1.54) is 0 Å². The first kappa shape index (κ1) is 12.7. The summed E-state index contributed by atoms with van der Waals surface area (Å²) in [6.07, 6.45) is 4.29. The van der Waals surface area contributed by atoms with Crippen LogP contribution in [0.2, 0.25) is 0 Å². The number of hydrogen-bond donors (Lipinski definition) is 0. The molecule has 0 aromatic rings. The highest BCUT2D eigenvalue weighted by molar-refractivity contribution is 5.78. The Bertz CT molecular complexity index is 205. The fraction of sp³-hybridized carbons (Fsp3) is 0.917. The van der Waals surface area contributed by atoms with Crippen molar-refractivity contribution in [2.45, 2.75) is 57.7 Å². The van der Waals surface area contributed by atoms with E-state index in [-0.39, 0.29) is 11.7 Å². The van der Waals surface area contributed by atoms with E-state index in [0.29, 0.717) is 18.6 Å². The lowest BCUT2D eigenvalue weighted by Crippen LogP contribution is -2.24. The Kier molecular flexibility index (Phi) is 4.74. The SMILES string of the molecule is COC(C)(C)CCC(=O)CC1CCCO1. The number of carbonyl (C=O) groups is 1. The van der Waals surface area contributed by atoms with Crippen LogP contribution in [0, 0.1) is 0 Å². The Morgan fingerprint density at radius 3 is 2.80 bits per heavy atom. The molecule has 0 N–H and O–H groups in total. The molecule has 1 fully saturated rings. The van der Waals surface area contributed by atoms with Gasteiger partial charge in [-0.25, -0.2) is 0 Å². The molecule has 1 aliphatic heterocycles. The average Bonchev–Trinajstić information content (AvgIpc) is 2.68. The fourth-order valence-corrected chi connectivity index (χ4v) is 1.70. The second-order valence-electron chi connectivity index (χ2n) is 4.84. The maximum Gasteiger partial charge on any atom is 0.135 e. The Morgan fingerprint density at radius 1 is 1.53 bits per heavy atom. The Labute approximate surface area is 92.1 Å². The van der Waals surface area contributed by atoms with Crippen molar-refractivity contribution in [3.05, 3.63) is 0 Å². The van der Waals surface area contributed by atoms with Crippen LogP contribution in [0.4, 0.5) is 0 Å². The lowest BCUT2D eigenvalue weighted by molar-refractivity contribution is -0.122. The highest BCUT2D eigenvalue weighted by Crippen LogP contribution is 2.19. The summed E-state index contributed by atoms with van der Waals surface area (Å²) in [4.78, 5) is 11.6. The Morgan fingerprint density at radius 2 is 2.27 bits per heavy atom. The van der Waals surface area contributed by atoms with Crippen LogP contribution < -0.4 is 0 Å². The van der Waals surface area contributed by atoms with Crippen molar-refractivity contribution in [1.82, 2.24) is 0 Å². The number of hydrogen-bond acceptors (Lipinski definition) is 3. The summed E-state index contributed by atoms with van der Waals surface area (Å²) in [7, 11) is 1.69. The molecule has 1 rings (SSSR count). The monoisotopic (exact) mass is 214 g/mol.